The van der Waals surface area contributed by atoms with Crippen molar-refractivity contribution >= 4 is 5.97 Å². The molecule has 0 saturated heterocycles. The van der Waals surface area contributed by atoms with Crippen LogP contribution >= 0.6 is 0 Å². The van der Waals surface area contributed by atoms with Gasteiger partial charge in [0.15, 0.2) is 0 Å². The van der Waals surface area contributed by atoms with E-state index >= 15 is 0 Å². The van der Waals surface area contributed by atoms with Crippen LogP contribution in [0.2, 0.25) is 0 Å². The molecular formula is C11H10F3NO3. The lowest BCUT2D eigenvalue weighted by Gasteiger charge is -2.41. The van der Waals surface area contributed by atoms with Crippen LogP contribution in [0.4, 0.5) is 13.2 Å². The van der Waals surface area contributed by atoms with Crippen LogP contribution in [0.1, 0.15) is 24.1 Å². The molecule has 0 unspecified atom stereocenters. The van der Waals surface area contributed by atoms with Gasteiger partial charge < -0.3 is 10.2 Å². The van der Waals surface area contributed by atoms with Gasteiger partial charge in [0.05, 0.1) is 11.5 Å². The molecule has 7 heteroatoms. The van der Waals surface area contributed by atoms with E-state index in [9.17, 15) is 23.1 Å². The molecule has 2 rings (SSSR count). The van der Waals surface area contributed by atoms with Gasteiger partial charge in [0.1, 0.15) is 5.69 Å². The van der Waals surface area contributed by atoms with Crippen LogP contribution in [0.25, 0.3) is 0 Å². The molecular weight excluding hydrogens is 251 g/mol. The lowest BCUT2D eigenvalue weighted by atomic mass is 9.63. The third-order valence-electron chi connectivity index (χ3n) is 3.18. The van der Waals surface area contributed by atoms with E-state index in [1.54, 1.807) is 0 Å². The topological polar surface area (TPSA) is 70.4 Å². The van der Waals surface area contributed by atoms with Gasteiger partial charge >= 0.3 is 12.1 Å². The number of aromatic nitrogens is 1. The third kappa shape index (κ3) is 1.94. The predicted molar refractivity (Wildman–Crippen MR) is 53.8 cm³/mol. The zero-order chi connectivity index (χ0) is 13.6. The fourth-order valence-electron chi connectivity index (χ4n) is 2.12. The Labute approximate surface area is 100 Å². The number of rotatable bonds is 2. The van der Waals surface area contributed by atoms with Crippen molar-refractivity contribution in [3.63, 3.8) is 0 Å². The number of alkyl halides is 3. The Hall–Kier alpha value is -1.63. The Morgan fingerprint density at radius 3 is 2.33 bits per heavy atom. The summed E-state index contributed by atoms with van der Waals surface area (Å²) in [6.07, 6.45) is -4.37. The molecule has 1 fully saturated rings. The molecule has 0 atom stereocenters. The fraction of sp³-hybridized carbons (Fsp3) is 0.455. The van der Waals surface area contributed by atoms with E-state index in [0.29, 0.717) is 0 Å². The summed E-state index contributed by atoms with van der Waals surface area (Å²) in [4.78, 5) is 14.4. The number of hydrogen-bond donors (Lipinski definition) is 2. The van der Waals surface area contributed by atoms with Gasteiger partial charge in [-0.05, 0) is 24.5 Å². The molecule has 0 bridgehead atoms. The van der Waals surface area contributed by atoms with E-state index in [2.05, 4.69) is 4.98 Å². The number of halogens is 3. The van der Waals surface area contributed by atoms with Crippen LogP contribution in [0, 0.1) is 0 Å². The second kappa shape index (κ2) is 3.94. The van der Waals surface area contributed by atoms with E-state index in [4.69, 9.17) is 5.11 Å². The number of nitrogens with zero attached hydrogens (tertiary/aromatic N) is 1. The quantitative estimate of drug-likeness (QED) is 0.847. The van der Waals surface area contributed by atoms with E-state index in [1.807, 2.05) is 0 Å². The van der Waals surface area contributed by atoms with Crippen molar-refractivity contribution in [1.82, 2.24) is 4.98 Å². The first-order valence-electron chi connectivity index (χ1n) is 5.21. The zero-order valence-electron chi connectivity index (χ0n) is 9.11. The second-order valence-electron chi connectivity index (χ2n) is 4.38. The van der Waals surface area contributed by atoms with Gasteiger partial charge in [0.25, 0.3) is 0 Å². The van der Waals surface area contributed by atoms with Crippen LogP contribution in [0.15, 0.2) is 18.3 Å². The first kappa shape index (κ1) is 12.8. The number of carboxylic acid groups (broad SMARTS) is 1. The molecule has 0 spiro atoms. The normalized spacial score (nSPS) is 27.7. The van der Waals surface area contributed by atoms with E-state index in [0.717, 1.165) is 18.3 Å². The Bertz CT molecular complexity index is 463. The van der Waals surface area contributed by atoms with E-state index in [-0.39, 0.29) is 18.4 Å². The van der Waals surface area contributed by atoms with Crippen molar-refractivity contribution in [2.45, 2.75) is 30.5 Å². The number of hydrogen-bond acceptors (Lipinski definition) is 3. The first-order chi connectivity index (χ1) is 8.25. The largest absolute Gasteiger partial charge is 0.481 e. The average Bonchev–Trinajstić information content (AvgIpc) is 2.23. The second-order valence-corrected chi connectivity index (χ2v) is 4.38. The summed E-state index contributed by atoms with van der Waals surface area (Å²) in [5.74, 6) is -1.16. The summed E-state index contributed by atoms with van der Waals surface area (Å²) in [7, 11) is 0. The predicted octanol–water partition coefficient (Wildman–Crippen LogP) is 1.58. The van der Waals surface area contributed by atoms with Gasteiger partial charge in [-0.3, -0.25) is 9.78 Å². The zero-order valence-corrected chi connectivity index (χ0v) is 9.11. The molecule has 98 valence electrons. The highest BCUT2D eigenvalue weighted by atomic mass is 19.4. The summed E-state index contributed by atoms with van der Waals surface area (Å²) in [6.45, 7) is 0. The van der Waals surface area contributed by atoms with Crippen LogP contribution in [-0.2, 0) is 16.4 Å². The molecule has 1 saturated carbocycles. The van der Waals surface area contributed by atoms with Crippen LogP contribution in [0.5, 0.6) is 0 Å². The minimum Gasteiger partial charge on any atom is -0.481 e. The first-order valence-corrected chi connectivity index (χ1v) is 5.21. The minimum atomic E-state index is -4.55. The lowest BCUT2D eigenvalue weighted by Crippen LogP contribution is -2.50. The molecule has 2 N–H and O–H groups in total. The molecule has 0 radical (unpaired) electrons. The van der Waals surface area contributed by atoms with Crippen molar-refractivity contribution in [1.29, 1.82) is 0 Å². The summed E-state index contributed by atoms with van der Waals surface area (Å²) in [5.41, 5.74) is -2.18. The summed E-state index contributed by atoms with van der Waals surface area (Å²) < 4.78 is 36.9. The Morgan fingerprint density at radius 2 is 2.00 bits per heavy atom. The maximum Gasteiger partial charge on any atom is 0.433 e. The number of aliphatic hydroxyl groups is 1. The van der Waals surface area contributed by atoms with Crippen molar-refractivity contribution in [2.24, 2.45) is 0 Å². The van der Waals surface area contributed by atoms with E-state index in [1.165, 1.54) is 0 Å². The standard InChI is InChI=1S/C11H10F3NO3/c12-11(13,14)8-2-1-6(5-15-8)10(9(17)18)3-7(16)4-10/h1-2,5,7,16H,3-4H2,(H,17,18). The van der Waals surface area contributed by atoms with Crippen molar-refractivity contribution in [2.75, 3.05) is 0 Å². The fourth-order valence-corrected chi connectivity index (χ4v) is 2.12. The Kier molecular flexibility index (Phi) is 2.81. The summed E-state index contributed by atoms with van der Waals surface area (Å²) >= 11 is 0. The van der Waals surface area contributed by atoms with Crippen LogP contribution in [-0.4, -0.2) is 27.3 Å². The Morgan fingerprint density at radius 1 is 1.39 bits per heavy atom. The molecule has 18 heavy (non-hydrogen) atoms. The number of aliphatic carboxylic acids is 1. The van der Waals surface area contributed by atoms with Crippen molar-refractivity contribution < 1.29 is 28.2 Å². The summed E-state index contributed by atoms with van der Waals surface area (Å²) in [5, 5.41) is 18.3. The molecule has 0 aliphatic heterocycles. The van der Waals surface area contributed by atoms with Crippen molar-refractivity contribution in [3.8, 4) is 0 Å². The van der Waals surface area contributed by atoms with E-state index < -0.39 is 29.4 Å². The highest BCUT2D eigenvalue weighted by molar-refractivity contribution is 5.82. The van der Waals surface area contributed by atoms with Gasteiger partial charge in [-0.15, -0.1) is 0 Å². The third-order valence-corrected chi connectivity index (χ3v) is 3.18. The summed E-state index contributed by atoms with van der Waals surface area (Å²) in [6, 6.07) is 1.86. The number of carbonyl (C=O) groups is 1. The van der Waals surface area contributed by atoms with Crippen LogP contribution < -0.4 is 0 Å². The average molecular weight is 261 g/mol. The molecule has 1 aliphatic carbocycles. The maximum atomic E-state index is 12.3. The number of pyridine rings is 1. The molecule has 0 aromatic carbocycles. The molecule has 0 amide bonds. The van der Waals surface area contributed by atoms with Crippen LogP contribution in [0.3, 0.4) is 0 Å². The Balaban J connectivity index is 2.32. The molecule has 1 aliphatic rings. The number of carboxylic acids is 1. The maximum absolute atomic E-state index is 12.3. The van der Waals surface area contributed by atoms with Gasteiger partial charge in [0.2, 0.25) is 0 Å². The minimum absolute atomic E-state index is 0.00459. The monoisotopic (exact) mass is 261 g/mol. The smallest absolute Gasteiger partial charge is 0.433 e. The highest BCUT2D eigenvalue weighted by Gasteiger charge is 2.51. The SMILES string of the molecule is O=C(O)C1(c2ccc(C(F)(F)F)nc2)CC(O)C1. The lowest BCUT2D eigenvalue weighted by molar-refractivity contribution is -0.153. The van der Waals surface area contributed by atoms with Crippen molar-refractivity contribution in [3.05, 3.63) is 29.6 Å². The van der Waals surface area contributed by atoms with Gasteiger partial charge in [0, 0.05) is 6.20 Å². The molecule has 1 heterocycles. The number of aliphatic hydroxyl groups excluding tert-OH is 1. The van der Waals surface area contributed by atoms with Gasteiger partial charge in [-0.1, -0.05) is 6.07 Å². The molecule has 4 nitrogen and oxygen atoms in total. The van der Waals surface area contributed by atoms with Gasteiger partial charge in [-0.2, -0.15) is 13.2 Å². The highest BCUT2D eigenvalue weighted by Crippen LogP contribution is 2.44. The van der Waals surface area contributed by atoms with Gasteiger partial charge in [-0.25, -0.2) is 0 Å². The molecule has 1 aromatic heterocycles. The molecule has 1 aromatic rings.